The van der Waals surface area contributed by atoms with E-state index in [-0.39, 0.29) is 12.4 Å². The summed E-state index contributed by atoms with van der Waals surface area (Å²) in [5.41, 5.74) is 0.643. The fraction of sp³-hybridized carbons (Fsp3) is 0.538. The maximum Gasteiger partial charge on any atom is 0.161 e. The molecule has 1 aliphatic rings. The predicted octanol–water partition coefficient (Wildman–Crippen LogP) is 1.49. The summed E-state index contributed by atoms with van der Waals surface area (Å²) in [7, 11) is 0. The first-order chi connectivity index (χ1) is 8.20. The maximum atomic E-state index is 11.1. The van der Waals surface area contributed by atoms with Crippen molar-refractivity contribution in [3.8, 4) is 0 Å². The van der Waals surface area contributed by atoms with E-state index in [0.29, 0.717) is 11.5 Å². The molecule has 4 heteroatoms. The number of hydrogen-bond donors (Lipinski definition) is 1. The van der Waals surface area contributed by atoms with Gasteiger partial charge in [0.15, 0.2) is 5.78 Å². The Hall–Kier alpha value is -1.42. The molecule has 0 bridgehead atoms. The molecule has 4 nitrogen and oxygen atoms in total. The van der Waals surface area contributed by atoms with Crippen LogP contribution in [0.2, 0.25) is 0 Å². The molecule has 1 aromatic heterocycles. The van der Waals surface area contributed by atoms with Crippen LogP contribution in [0.25, 0.3) is 0 Å². The molecule has 2 rings (SSSR count). The molecule has 1 unspecified atom stereocenters. The number of rotatable bonds is 3. The number of aliphatic hydroxyl groups is 1. The van der Waals surface area contributed by atoms with E-state index >= 15 is 0 Å². The summed E-state index contributed by atoms with van der Waals surface area (Å²) in [6, 6.07) is 3.70. The number of anilines is 1. The smallest absolute Gasteiger partial charge is 0.161 e. The quantitative estimate of drug-likeness (QED) is 0.805. The van der Waals surface area contributed by atoms with E-state index in [1.807, 2.05) is 12.1 Å². The molecule has 1 saturated heterocycles. The number of hydrogen-bond acceptors (Lipinski definition) is 4. The molecular weight excluding hydrogens is 216 g/mol. The third-order valence-electron chi connectivity index (χ3n) is 3.26. The van der Waals surface area contributed by atoms with Gasteiger partial charge in [-0.25, -0.2) is 4.98 Å². The van der Waals surface area contributed by atoms with Crippen LogP contribution in [-0.2, 0) is 0 Å². The Balaban J connectivity index is 2.08. The molecule has 0 aromatic carbocycles. The van der Waals surface area contributed by atoms with Crippen molar-refractivity contribution in [2.45, 2.75) is 19.8 Å². The Labute approximate surface area is 101 Å². The summed E-state index contributed by atoms with van der Waals surface area (Å²) in [5.74, 6) is 1.28. The Morgan fingerprint density at radius 2 is 2.41 bits per heavy atom. The first kappa shape index (κ1) is 12.0. The molecule has 0 radical (unpaired) electrons. The van der Waals surface area contributed by atoms with E-state index in [9.17, 15) is 9.90 Å². The largest absolute Gasteiger partial charge is 0.396 e. The molecule has 2 heterocycles. The third-order valence-corrected chi connectivity index (χ3v) is 3.26. The van der Waals surface area contributed by atoms with E-state index < -0.39 is 0 Å². The van der Waals surface area contributed by atoms with Gasteiger partial charge in [-0.2, -0.15) is 0 Å². The van der Waals surface area contributed by atoms with E-state index in [1.165, 1.54) is 0 Å². The van der Waals surface area contributed by atoms with Crippen molar-refractivity contribution in [1.29, 1.82) is 0 Å². The molecule has 0 aliphatic carbocycles. The first-order valence-corrected chi connectivity index (χ1v) is 6.03. The second kappa shape index (κ2) is 5.27. The van der Waals surface area contributed by atoms with Crippen LogP contribution in [0.3, 0.4) is 0 Å². The van der Waals surface area contributed by atoms with Crippen molar-refractivity contribution in [1.82, 2.24) is 4.98 Å². The standard InChI is InChI=1S/C13H18N2O2/c1-10(17)12-4-5-13(14-7-12)15-6-2-3-11(8-15)9-16/h4-5,7,11,16H,2-3,6,8-9H2,1H3. The molecular formula is C13H18N2O2. The third kappa shape index (κ3) is 2.82. The van der Waals surface area contributed by atoms with Crippen molar-refractivity contribution < 1.29 is 9.90 Å². The van der Waals surface area contributed by atoms with Gasteiger partial charge in [0.1, 0.15) is 5.82 Å². The van der Waals surface area contributed by atoms with Crippen LogP contribution in [0.1, 0.15) is 30.1 Å². The van der Waals surface area contributed by atoms with Crippen LogP contribution >= 0.6 is 0 Å². The lowest BCUT2D eigenvalue weighted by atomic mass is 9.99. The zero-order valence-corrected chi connectivity index (χ0v) is 10.1. The Morgan fingerprint density at radius 3 is 3.00 bits per heavy atom. The summed E-state index contributed by atoms with van der Waals surface area (Å²) in [6.45, 7) is 3.60. The van der Waals surface area contributed by atoms with Crippen LogP contribution in [0.15, 0.2) is 18.3 Å². The number of carbonyl (C=O) groups excluding carboxylic acids is 1. The molecule has 1 fully saturated rings. The molecule has 0 saturated carbocycles. The zero-order valence-electron chi connectivity index (χ0n) is 10.1. The Bertz CT molecular complexity index is 389. The van der Waals surface area contributed by atoms with Crippen molar-refractivity contribution in [2.24, 2.45) is 5.92 Å². The van der Waals surface area contributed by atoms with Crippen LogP contribution in [0.4, 0.5) is 5.82 Å². The van der Waals surface area contributed by atoms with Crippen LogP contribution in [-0.4, -0.2) is 35.6 Å². The Kier molecular flexibility index (Phi) is 3.74. The topological polar surface area (TPSA) is 53.4 Å². The second-order valence-electron chi connectivity index (χ2n) is 4.60. The number of nitrogens with zero attached hydrogens (tertiary/aromatic N) is 2. The van der Waals surface area contributed by atoms with Crippen molar-refractivity contribution in [3.63, 3.8) is 0 Å². The fourth-order valence-electron chi connectivity index (χ4n) is 2.20. The highest BCUT2D eigenvalue weighted by Gasteiger charge is 2.20. The highest BCUT2D eigenvalue weighted by Crippen LogP contribution is 2.21. The number of ketones is 1. The summed E-state index contributed by atoms with van der Waals surface area (Å²) < 4.78 is 0. The van der Waals surface area contributed by atoms with Gasteiger partial charge in [0.25, 0.3) is 0 Å². The van der Waals surface area contributed by atoms with Crippen LogP contribution in [0, 0.1) is 5.92 Å². The van der Waals surface area contributed by atoms with Crippen molar-refractivity contribution in [2.75, 3.05) is 24.6 Å². The maximum absolute atomic E-state index is 11.1. The van der Waals surface area contributed by atoms with Gasteiger partial charge in [-0.05, 0) is 37.8 Å². The van der Waals surface area contributed by atoms with Gasteiger partial charge >= 0.3 is 0 Å². The number of aliphatic hydroxyl groups excluding tert-OH is 1. The minimum atomic E-state index is 0.0379. The summed E-state index contributed by atoms with van der Waals surface area (Å²) in [4.78, 5) is 17.6. The number of piperidine rings is 1. The number of Topliss-reactive ketones (excluding diaryl/α,β-unsaturated/α-hetero) is 1. The average molecular weight is 234 g/mol. The highest BCUT2D eigenvalue weighted by atomic mass is 16.3. The molecule has 0 amide bonds. The minimum absolute atomic E-state index is 0.0379. The van der Waals surface area contributed by atoms with Crippen molar-refractivity contribution >= 4 is 11.6 Å². The molecule has 1 aliphatic heterocycles. The van der Waals surface area contributed by atoms with Gasteiger partial charge in [0, 0.05) is 31.5 Å². The lowest BCUT2D eigenvalue weighted by Gasteiger charge is -2.32. The van der Waals surface area contributed by atoms with Gasteiger partial charge in [0.05, 0.1) is 0 Å². The molecule has 17 heavy (non-hydrogen) atoms. The van der Waals surface area contributed by atoms with E-state index in [0.717, 1.165) is 31.7 Å². The van der Waals surface area contributed by atoms with Gasteiger partial charge in [-0.3, -0.25) is 4.79 Å². The molecule has 1 atom stereocenters. The Morgan fingerprint density at radius 1 is 1.59 bits per heavy atom. The minimum Gasteiger partial charge on any atom is -0.396 e. The van der Waals surface area contributed by atoms with Crippen LogP contribution < -0.4 is 4.90 Å². The lowest BCUT2D eigenvalue weighted by Crippen LogP contribution is -2.37. The SMILES string of the molecule is CC(=O)c1ccc(N2CCCC(CO)C2)nc1. The van der Waals surface area contributed by atoms with Gasteiger partial charge in [0.2, 0.25) is 0 Å². The lowest BCUT2D eigenvalue weighted by molar-refractivity contribution is 0.101. The monoisotopic (exact) mass is 234 g/mol. The number of carbonyl (C=O) groups is 1. The number of pyridine rings is 1. The van der Waals surface area contributed by atoms with E-state index in [2.05, 4.69) is 9.88 Å². The zero-order chi connectivity index (χ0) is 12.3. The molecule has 1 aromatic rings. The number of aromatic nitrogens is 1. The van der Waals surface area contributed by atoms with Gasteiger partial charge in [-0.1, -0.05) is 0 Å². The summed E-state index contributed by atoms with van der Waals surface area (Å²) >= 11 is 0. The summed E-state index contributed by atoms with van der Waals surface area (Å²) in [5, 5.41) is 9.18. The predicted molar refractivity (Wildman–Crippen MR) is 66.3 cm³/mol. The highest BCUT2D eigenvalue weighted by molar-refractivity contribution is 5.93. The van der Waals surface area contributed by atoms with Gasteiger partial charge in [-0.15, -0.1) is 0 Å². The normalized spacial score (nSPS) is 20.4. The fourth-order valence-corrected chi connectivity index (χ4v) is 2.20. The average Bonchev–Trinajstić information content (AvgIpc) is 2.39. The summed E-state index contributed by atoms with van der Waals surface area (Å²) in [6.07, 6.45) is 3.79. The van der Waals surface area contributed by atoms with E-state index in [1.54, 1.807) is 13.1 Å². The molecule has 1 N–H and O–H groups in total. The molecule has 92 valence electrons. The van der Waals surface area contributed by atoms with Crippen LogP contribution in [0.5, 0.6) is 0 Å². The van der Waals surface area contributed by atoms with Gasteiger partial charge < -0.3 is 10.0 Å². The molecule has 0 spiro atoms. The van der Waals surface area contributed by atoms with E-state index in [4.69, 9.17) is 0 Å². The first-order valence-electron chi connectivity index (χ1n) is 6.03. The second-order valence-corrected chi connectivity index (χ2v) is 4.60. The van der Waals surface area contributed by atoms with Crippen molar-refractivity contribution in [3.05, 3.63) is 23.9 Å².